The van der Waals surface area contributed by atoms with Crippen LogP contribution in [0.4, 0.5) is 5.69 Å². The van der Waals surface area contributed by atoms with Gasteiger partial charge in [0.05, 0.1) is 16.9 Å². The summed E-state index contributed by atoms with van der Waals surface area (Å²) in [5.74, 6) is -2.51. The molecule has 0 fully saturated rings. The lowest BCUT2D eigenvalue weighted by atomic mass is 9.59. The van der Waals surface area contributed by atoms with Gasteiger partial charge in [-0.1, -0.05) is 63.8 Å². The summed E-state index contributed by atoms with van der Waals surface area (Å²) >= 11 is 0. The number of allylic oxidation sites excluding steroid dienone is 3. The fraction of sp³-hybridized carbons (Fsp3) is 0.538. The van der Waals surface area contributed by atoms with E-state index in [1.54, 1.807) is 36.4 Å². The number of nitrogens with zero attached hydrogens (tertiary/aromatic N) is 1. The predicted octanol–water partition coefficient (Wildman–Crippen LogP) is 5.84. The van der Waals surface area contributed by atoms with Crippen molar-refractivity contribution in [2.45, 2.75) is 59.8 Å². The van der Waals surface area contributed by atoms with Gasteiger partial charge < -0.3 is 15.1 Å². The maximum absolute atomic E-state index is 14.0. The Morgan fingerprint density at radius 2 is 1.81 bits per heavy atom. The monoisotopic (exact) mass is 427 g/mol. The molecule has 3 atom stereocenters. The first-order valence-electron chi connectivity index (χ1n) is 11.6. The molecule has 1 aromatic rings. The van der Waals surface area contributed by atoms with E-state index in [4.69, 9.17) is 0 Å². The lowest BCUT2D eigenvalue weighted by Crippen LogP contribution is -2.47. The van der Waals surface area contributed by atoms with Gasteiger partial charge in [-0.2, -0.15) is 0 Å². The summed E-state index contributed by atoms with van der Waals surface area (Å²) < 4.78 is 0. The van der Waals surface area contributed by atoms with Gasteiger partial charge in [-0.15, -0.1) is 0 Å². The number of hydrogen-bond donors (Lipinski definition) is 2. The predicted molar refractivity (Wildman–Crippen MR) is 126 cm³/mol. The minimum absolute atomic E-state index is 0.0933. The van der Waals surface area contributed by atoms with E-state index in [1.807, 2.05) is 26.8 Å². The summed E-state index contributed by atoms with van der Waals surface area (Å²) in [7, 11) is 0. The zero-order valence-corrected chi connectivity index (χ0v) is 19.3. The molecule has 1 aromatic carbocycles. The number of anilines is 1. The third kappa shape index (κ3) is 5.03. The Labute approximate surface area is 186 Å². The molecule has 0 heterocycles. The van der Waals surface area contributed by atoms with Crippen molar-refractivity contribution in [3.63, 3.8) is 0 Å². The molecule has 0 amide bonds. The van der Waals surface area contributed by atoms with E-state index in [0.29, 0.717) is 6.42 Å². The van der Waals surface area contributed by atoms with Crippen molar-refractivity contribution < 1.29 is 19.8 Å². The maximum Gasteiger partial charge on any atom is 0.311 e. The van der Waals surface area contributed by atoms with E-state index in [-0.39, 0.29) is 23.0 Å². The Balaban J connectivity index is 2.56. The van der Waals surface area contributed by atoms with Crippen LogP contribution in [-0.4, -0.2) is 35.1 Å². The van der Waals surface area contributed by atoms with Crippen molar-refractivity contribution in [1.29, 1.82) is 0 Å². The van der Waals surface area contributed by atoms with Gasteiger partial charge in [-0.25, -0.2) is 0 Å². The van der Waals surface area contributed by atoms with E-state index >= 15 is 0 Å². The molecule has 0 saturated heterocycles. The van der Waals surface area contributed by atoms with Crippen molar-refractivity contribution in [1.82, 2.24) is 0 Å². The topological polar surface area (TPSA) is 77.8 Å². The number of Topliss-reactive ketones (excluding diaryl/α,β-unsaturated/α-hetero) is 1. The summed E-state index contributed by atoms with van der Waals surface area (Å²) in [5.41, 5.74) is -0.176. The fourth-order valence-electron chi connectivity index (χ4n) is 4.88. The normalized spacial score (nSPS) is 21.1. The first-order valence-corrected chi connectivity index (χ1v) is 11.6. The Morgan fingerprint density at radius 1 is 1.10 bits per heavy atom. The zero-order chi connectivity index (χ0) is 23.0. The number of phenols is 1. The van der Waals surface area contributed by atoms with Crippen molar-refractivity contribution in [2.75, 3.05) is 18.0 Å². The molecule has 31 heavy (non-hydrogen) atoms. The number of carboxylic acids is 1. The summed E-state index contributed by atoms with van der Waals surface area (Å²) in [6.07, 6.45) is 11.4. The molecule has 2 rings (SSSR count). The lowest BCUT2D eigenvalue weighted by molar-refractivity contribution is -0.143. The third-order valence-electron chi connectivity index (χ3n) is 6.64. The van der Waals surface area contributed by atoms with Gasteiger partial charge in [-0.05, 0) is 38.3 Å². The smallest absolute Gasteiger partial charge is 0.311 e. The highest BCUT2D eigenvalue weighted by Crippen LogP contribution is 2.48. The highest BCUT2D eigenvalue weighted by molar-refractivity contribution is 6.07. The van der Waals surface area contributed by atoms with E-state index in [9.17, 15) is 19.8 Å². The Hall–Kier alpha value is -2.56. The molecule has 5 nitrogen and oxygen atoms in total. The van der Waals surface area contributed by atoms with Gasteiger partial charge in [0.25, 0.3) is 0 Å². The molecule has 0 saturated carbocycles. The standard InChI is InChI=1S/C26H37NO4/c1-5-9-10-13-19(6-2)26(17-12-11-14-22(26)25(30)31)24(29)21-16-15-20(18-23(21)28)27(7-3)8-4/h11-12,14-19,22,28H,5-10,13H2,1-4H3,(H,30,31). The number of unbranched alkanes of at least 4 members (excludes halogenated alkanes) is 2. The summed E-state index contributed by atoms with van der Waals surface area (Å²) in [5, 5.41) is 20.8. The van der Waals surface area contributed by atoms with Crippen molar-refractivity contribution in [2.24, 2.45) is 17.3 Å². The highest BCUT2D eigenvalue weighted by Gasteiger charge is 2.52. The molecule has 5 heteroatoms. The van der Waals surface area contributed by atoms with Crippen LogP contribution in [0.25, 0.3) is 0 Å². The molecule has 0 aromatic heterocycles. The Morgan fingerprint density at radius 3 is 2.35 bits per heavy atom. The number of hydrogen-bond acceptors (Lipinski definition) is 4. The summed E-state index contributed by atoms with van der Waals surface area (Å²) in [4.78, 5) is 28.3. The average molecular weight is 428 g/mol. The zero-order valence-electron chi connectivity index (χ0n) is 19.3. The van der Waals surface area contributed by atoms with E-state index in [0.717, 1.165) is 44.5 Å². The van der Waals surface area contributed by atoms with Crippen molar-refractivity contribution >= 4 is 17.4 Å². The highest BCUT2D eigenvalue weighted by atomic mass is 16.4. The summed E-state index contributed by atoms with van der Waals surface area (Å²) in [6.45, 7) is 9.79. The van der Waals surface area contributed by atoms with Crippen LogP contribution in [0.2, 0.25) is 0 Å². The van der Waals surface area contributed by atoms with Crippen LogP contribution < -0.4 is 4.90 Å². The number of carbonyl (C=O) groups excluding carboxylic acids is 1. The van der Waals surface area contributed by atoms with Crippen LogP contribution in [0.1, 0.15) is 70.2 Å². The van der Waals surface area contributed by atoms with Gasteiger partial charge in [-0.3, -0.25) is 9.59 Å². The van der Waals surface area contributed by atoms with Crippen LogP contribution in [0, 0.1) is 17.3 Å². The number of benzene rings is 1. The van der Waals surface area contributed by atoms with Crippen LogP contribution in [0.15, 0.2) is 42.5 Å². The maximum atomic E-state index is 14.0. The minimum Gasteiger partial charge on any atom is -0.507 e. The molecule has 1 aliphatic carbocycles. The number of aromatic hydroxyl groups is 1. The van der Waals surface area contributed by atoms with Crippen molar-refractivity contribution in [3.05, 3.63) is 48.1 Å². The number of ketones is 1. The largest absolute Gasteiger partial charge is 0.507 e. The average Bonchev–Trinajstić information content (AvgIpc) is 2.77. The van der Waals surface area contributed by atoms with E-state index in [2.05, 4.69) is 11.8 Å². The second-order valence-corrected chi connectivity index (χ2v) is 8.30. The first kappa shape index (κ1) is 24.7. The fourth-order valence-corrected chi connectivity index (χ4v) is 4.88. The third-order valence-corrected chi connectivity index (χ3v) is 6.64. The number of aliphatic carboxylic acids is 1. The van der Waals surface area contributed by atoms with Gasteiger partial charge in [0.2, 0.25) is 0 Å². The molecule has 0 spiro atoms. The molecule has 170 valence electrons. The Bertz CT molecular complexity index is 825. The summed E-state index contributed by atoms with van der Waals surface area (Å²) in [6, 6.07) is 5.10. The molecular weight excluding hydrogens is 390 g/mol. The SMILES string of the molecule is CCCCCC(CC)C1(C(=O)c2ccc(N(CC)CC)cc2O)C=CC=CC1C(=O)O. The minimum atomic E-state index is -1.21. The molecule has 3 unspecified atom stereocenters. The van der Waals surface area contributed by atoms with Crippen LogP contribution >= 0.6 is 0 Å². The number of carboxylic acid groups (broad SMARTS) is 1. The van der Waals surface area contributed by atoms with Gasteiger partial charge in [0.1, 0.15) is 5.75 Å². The molecule has 1 aliphatic rings. The van der Waals surface area contributed by atoms with Gasteiger partial charge >= 0.3 is 5.97 Å². The quantitative estimate of drug-likeness (QED) is 0.324. The van der Waals surface area contributed by atoms with Crippen LogP contribution in [-0.2, 0) is 4.79 Å². The molecule has 0 radical (unpaired) electrons. The second-order valence-electron chi connectivity index (χ2n) is 8.30. The molecule has 0 bridgehead atoms. The van der Waals surface area contributed by atoms with Crippen molar-refractivity contribution in [3.8, 4) is 5.75 Å². The molecule has 0 aliphatic heterocycles. The second kappa shape index (κ2) is 11.2. The van der Waals surface area contributed by atoms with E-state index in [1.165, 1.54) is 0 Å². The molecular formula is C26H37NO4. The number of phenolic OH excluding ortho intramolecular Hbond substituents is 1. The Kier molecular flexibility index (Phi) is 8.90. The number of carbonyl (C=O) groups is 2. The molecule has 2 N–H and O–H groups in total. The van der Waals surface area contributed by atoms with Gasteiger partial charge in [0.15, 0.2) is 5.78 Å². The van der Waals surface area contributed by atoms with Crippen LogP contribution in [0.5, 0.6) is 5.75 Å². The lowest BCUT2D eigenvalue weighted by Gasteiger charge is -2.42. The van der Waals surface area contributed by atoms with Crippen LogP contribution in [0.3, 0.4) is 0 Å². The number of rotatable bonds is 12. The first-order chi connectivity index (χ1) is 14.9. The van der Waals surface area contributed by atoms with Gasteiger partial charge in [0, 0.05) is 24.8 Å². The van der Waals surface area contributed by atoms with E-state index < -0.39 is 17.3 Å².